The average Bonchev–Trinajstić information content (AvgIpc) is 2.41. The summed E-state index contributed by atoms with van der Waals surface area (Å²) in [6, 6.07) is 6.47. The van der Waals surface area contributed by atoms with Gasteiger partial charge in [0.15, 0.2) is 0 Å². The van der Waals surface area contributed by atoms with Crippen LogP contribution in [0.4, 0.5) is 5.69 Å². The Labute approximate surface area is 139 Å². The maximum atomic E-state index is 4.97. The Bertz CT molecular complexity index is 499. The molecule has 22 heavy (non-hydrogen) atoms. The molecule has 5 nitrogen and oxygen atoms in total. The quantitative estimate of drug-likeness (QED) is 0.804. The van der Waals surface area contributed by atoms with Crippen molar-refractivity contribution in [1.82, 2.24) is 0 Å². The number of anilines is 1. The summed E-state index contributed by atoms with van der Waals surface area (Å²) in [6.07, 6.45) is 0.935. The van der Waals surface area contributed by atoms with Gasteiger partial charge in [-0.25, -0.2) is 5.90 Å². The van der Waals surface area contributed by atoms with Crippen molar-refractivity contribution < 1.29 is 9.68 Å². The van der Waals surface area contributed by atoms with Crippen molar-refractivity contribution in [3.63, 3.8) is 0 Å². The zero-order valence-corrected chi connectivity index (χ0v) is 15.2. The Balaban J connectivity index is 0.00000102. The first-order valence-corrected chi connectivity index (χ1v) is 7.04. The lowest BCUT2D eigenvalue weighted by atomic mass is 9.82. The molecule has 1 aliphatic heterocycles. The van der Waals surface area contributed by atoms with Crippen LogP contribution in [0.1, 0.15) is 38.3 Å². The third kappa shape index (κ3) is 4.87. The molecule has 1 aromatic carbocycles. The van der Waals surface area contributed by atoms with Crippen LogP contribution < -0.4 is 10.8 Å². The molecule has 0 atom stereocenters. The standard InChI is InChI=1S/C15H22N2O.CH5NO.ClH/c1-15(2,3)12-8-6-7-11-13(16-18-5)9-10-17(4)14(11)12;1-3-2;/h6-8H,9-10H2,1-5H3;2H2,1H3;1H. The van der Waals surface area contributed by atoms with Gasteiger partial charge in [-0.3, -0.25) is 0 Å². The number of hydrogen-bond donors (Lipinski definition) is 1. The van der Waals surface area contributed by atoms with Crippen molar-refractivity contribution in [2.45, 2.75) is 32.6 Å². The van der Waals surface area contributed by atoms with Crippen LogP contribution in [0.15, 0.2) is 23.4 Å². The van der Waals surface area contributed by atoms with Crippen molar-refractivity contribution >= 4 is 23.8 Å². The molecule has 0 radical (unpaired) electrons. The highest BCUT2D eigenvalue weighted by atomic mass is 35.5. The second kappa shape index (κ2) is 8.98. The normalized spacial score (nSPS) is 15.4. The van der Waals surface area contributed by atoms with E-state index in [1.807, 2.05) is 0 Å². The zero-order valence-electron chi connectivity index (χ0n) is 14.3. The van der Waals surface area contributed by atoms with Crippen molar-refractivity contribution in [1.29, 1.82) is 0 Å². The number of rotatable bonds is 1. The van der Waals surface area contributed by atoms with Gasteiger partial charge >= 0.3 is 0 Å². The Morgan fingerprint density at radius 1 is 1.23 bits per heavy atom. The van der Waals surface area contributed by atoms with Crippen LogP contribution in [0.2, 0.25) is 0 Å². The highest BCUT2D eigenvalue weighted by molar-refractivity contribution is 6.07. The van der Waals surface area contributed by atoms with E-state index >= 15 is 0 Å². The lowest BCUT2D eigenvalue weighted by molar-refractivity contribution is 0.206. The number of hydrogen-bond acceptors (Lipinski definition) is 5. The zero-order chi connectivity index (χ0) is 16.0. The number of halogens is 1. The largest absolute Gasteiger partial charge is 0.399 e. The molecular weight excluding hydrogens is 302 g/mol. The molecule has 0 unspecified atom stereocenters. The molecule has 1 aliphatic rings. The van der Waals surface area contributed by atoms with Gasteiger partial charge in [-0.1, -0.05) is 44.1 Å². The van der Waals surface area contributed by atoms with Gasteiger partial charge in [-0.15, -0.1) is 12.4 Å². The highest BCUT2D eigenvalue weighted by Crippen LogP contribution is 2.37. The summed E-state index contributed by atoms with van der Waals surface area (Å²) in [5.41, 5.74) is 5.06. The number of nitrogens with zero attached hydrogens (tertiary/aromatic N) is 2. The summed E-state index contributed by atoms with van der Waals surface area (Å²) < 4.78 is 0. The fraction of sp³-hybridized carbons (Fsp3) is 0.562. The molecule has 0 fully saturated rings. The first-order valence-electron chi connectivity index (χ1n) is 7.04. The van der Waals surface area contributed by atoms with E-state index in [1.54, 1.807) is 7.11 Å². The van der Waals surface area contributed by atoms with E-state index in [-0.39, 0.29) is 17.8 Å². The first kappa shape index (κ1) is 20.7. The molecular formula is C16H28ClN3O2. The van der Waals surface area contributed by atoms with Crippen LogP contribution in [0, 0.1) is 0 Å². The van der Waals surface area contributed by atoms with Gasteiger partial charge in [0.1, 0.15) is 7.11 Å². The molecule has 0 saturated heterocycles. The van der Waals surface area contributed by atoms with Gasteiger partial charge in [0.05, 0.1) is 12.8 Å². The lowest BCUT2D eigenvalue weighted by Crippen LogP contribution is -2.32. The molecule has 2 rings (SSSR count). The van der Waals surface area contributed by atoms with Crippen LogP contribution >= 0.6 is 12.4 Å². The number of fused-ring (bicyclic) bond motifs is 1. The molecule has 0 saturated carbocycles. The molecule has 0 amide bonds. The Hall–Kier alpha value is -1.30. The van der Waals surface area contributed by atoms with Gasteiger partial charge in [0, 0.05) is 31.3 Å². The number of para-hydroxylation sites is 1. The van der Waals surface area contributed by atoms with Crippen molar-refractivity contribution in [2.75, 3.05) is 32.7 Å². The van der Waals surface area contributed by atoms with E-state index < -0.39 is 0 Å². The lowest BCUT2D eigenvalue weighted by Gasteiger charge is -2.34. The smallest absolute Gasteiger partial charge is 0.106 e. The second-order valence-electron chi connectivity index (χ2n) is 6.08. The highest BCUT2D eigenvalue weighted by Gasteiger charge is 2.27. The van der Waals surface area contributed by atoms with E-state index in [4.69, 9.17) is 4.84 Å². The van der Waals surface area contributed by atoms with Crippen molar-refractivity contribution in [3.05, 3.63) is 29.3 Å². The SMILES string of the molecule is CON.CON=C1CCN(C)c2c1cccc2C(C)(C)C.Cl. The summed E-state index contributed by atoms with van der Waals surface area (Å²) in [7, 11) is 5.16. The van der Waals surface area contributed by atoms with Gasteiger partial charge in [-0.05, 0) is 11.0 Å². The molecule has 2 N–H and O–H groups in total. The van der Waals surface area contributed by atoms with E-state index in [9.17, 15) is 0 Å². The molecule has 0 spiro atoms. The monoisotopic (exact) mass is 329 g/mol. The third-order valence-corrected chi connectivity index (χ3v) is 3.42. The van der Waals surface area contributed by atoms with Gasteiger partial charge in [0.25, 0.3) is 0 Å². The molecule has 0 bridgehead atoms. The Morgan fingerprint density at radius 3 is 2.32 bits per heavy atom. The fourth-order valence-corrected chi connectivity index (χ4v) is 2.52. The van der Waals surface area contributed by atoms with Crippen LogP contribution in [0.3, 0.4) is 0 Å². The van der Waals surface area contributed by atoms with Gasteiger partial charge in [0.2, 0.25) is 0 Å². The van der Waals surface area contributed by atoms with Crippen LogP contribution in [-0.2, 0) is 15.1 Å². The average molecular weight is 330 g/mol. The van der Waals surface area contributed by atoms with Gasteiger partial charge in [-0.2, -0.15) is 0 Å². The maximum absolute atomic E-state index is 4.97. The molecule has 1 aromatic rings. The van der Waals surface area contributed by atoms with E-state index in [0.29, 0.717) is 0 Å². The number of benzene rings is 1. The Morgan fingerprint density at radius 2 is 1.82 bits per heavy atom. The summed E-state index contributed by atoms with van der Waals surface area (Å²) in [5, 5.41) is 4.17. The fourth-order valence-electron chi connectivity index (χ4n) is 2.52. The minimum absolute atomic E-state index is 0. The van der Waals surface area contributed by atoms with Crippen LogP contribution in [0.5, 0.6) is 0 Å². The van der Waals surface area contributed by atoms with Crippen LogP contribution in [0.25, 0.3) is 0 Å². The number of nitrogens with two attached hydrogens (primary N) is 1. The molecule has 126 valence electrons. The first-order chi connectivity index (χ1) is 9.86. The van der Waals surface area contributed by atoms with E-state index in [0.717, 1.165) is 18.7 Å². The summed E-state index contributed by atoms with van der Waals surface area (Å²) in [4.78, 5) is 11.0. The van der Waals surface area contributed by atoms with Crippen LogP contribution in [-0.4, -0.2) is 33.5 Å². The summed E-state index contributed by atoms with van der Waals surface area (Å²) >= 11 is 0. The topological polar surface area (TPSA) is 60.1 Å². The van der Waals surface area contributed by atoms with Gasteiger partial charge < -0.3 is 14.6 Å². The third-order valence-electron chi connectivity index (χ3n) is 3.42. The predicted octanol–water partition coefficient (Wildman–Crippen LogP) is 3.10. The maximum Gasteiger partial charge on any atom is 0.106 e. The van der Waals surface area contributed by atoms with E-state index in [2.05, 4.69) is 66.8 Å². The predicted molar refractivity (Wildman–Crippen MR) is 95.0 cm³/mol. The summed E-state index contributed by atoms with van der Waals surface area (Å²) in [6.45, 7) is 7.73. The Kier molecular flexibility index (Phi) is 8.45. The van der Waals surface area contributed by atoms with Crippen molar-refractivity contribution in [2.24, 2.45) is 11.1 Å². The molecule has 0 aromatic heterocycles. The van der Waals surface area contributed by atoms with Crippen molar-refractivity contribution in [3.8, 4) is 0 Å². The molecule has 6 heteroatoms. The molecule has 0 aliphatic carbocycles. The number of oxime groups is 1. The minimum Gasteiger partial charge on any atom is -0.399 e. The molecule has 1 heterocycles. The summed E-state index contributed by atoms with van der Waals surface area (Å²) in [5.74, 6) is 4.35. The minimum atomic E-state index is 0. The van der Waals surface area contributed by atoms with E-state index in [1.165, 1.54) is 23.9 Å². The second-order valence-corrected chi connectivity index (χ2v) is 6.08.